The van der Waals surface area contributed by atoms with Gasteiger partial charge in [0.15, 0.2) is 23.7 Å². The summed E-state index contributed by atoms with van der Waals surface area (Å²) in [6, 6.07) is 0. The molecule has 0 saturated heterocycles. The van der Waals surface area contributed by atoms with Crippen molar-refractivity contribution in [3.8, 4) is 0 Å². The maximum absolute atomic E-state index is 17.5. The minimum atomic E-state index is -2.35. The summed E-state index contributed by atoms with van der Waals surface area (Å²) in [7, 11) is 0. The highest BCUT2D eigenvalue weighted by molar-refractivity contribution is 6.01. The largest absolute Gasteiger partial charge is 0.509 e. The highest BCUT2D eigenvalue weighted by Gasteiger charge is 2.78. The van der Waals surface area contributed by atoms with E-state index < -0.39 is 82.4 Å². The van der Waals surface area contributed by atoms with Gasteiger partial charge in [-0.25, -0.2) is 13.6 Å². The number of fused-ring (bicyclic) bond motifs is 5. The summed E-state index contributed by atoms with van der Waals surface area (Å²) in [5.74, 6) is -4.29. The Balaban J connectivity index is 1.77. The van der Waals surface area contributed by atoms with Gasteiger partial charge in [-0.3, -0.25) is 14.4 Å². The quantitative estimate of drug-likeness (QED) is 0.330. The Morgan fingerprint density at radius 3 is 2.48 bits per heavy atom. The lowest BCUT2D eigenvalue weighted by molar-refractivity contribution is -0.226. The molecule has 0 aromatic carbocycles. The Labute approximate surface area is 233 Å². The first-order valence-corrected chi connectivity index (χ1v) is 14.2. The molecule has 40 heavy (non-hydrogen) atoms. The normalized spacial score (nSPS) is 41.8. The summed E-state index contributed by atoms with van der Waals surface area (Å²) in [5.41, 5.74) is -7.19. The number of ketones is 2. The Morgan fingerprint density at radius 1 is 1.12 bits per heavy atom. The number of carbonyl (C=O) groups excluding carboxylic acids is 4. The maximum atomic E-state index is 17.5. The van der Waals surface area contributed by atoms with Gasteiger partial charge in [0.1, 0.15) is 6.17 Å². The number of alkyl halides is 2. The number of carbonyl (C=O) groups is 4. The van der Waals surface area contributed by atoms with E-state index in [-0.39, 0.29) is 31.4 Å². The highest BCUT2D eigenvalue weighted by atomic mass is 19.1. The zero-order valence-electron chi connectivity index (χ0n) is 23.8. The molecule has 4 aliphatic carbocycles. The van der Waals surface area contributed by atoms with Gasteiger partial charge in [-0.05, 0) is 56.3 Å². The molecule has 4 rings (SSSR count). The second-order valence-corrected chi connectivity index (χ2v) is 12.3. The summed E-state index contributed by atoms with van der Waals surface area (Å²) < 4.78 is 49.4. The molecule has 0 amide bonds. The molecule has 9 atom stereocenters. The molecule has 0 radical (unpaired) electrons. The standard InChI is InChI=1S/C30H40F2O8/c1-6-7-8-11-38-26(37)40-30(25(36)16-39-18(3)33)17(2)12-20-21-14-23(31)22-13-19(34)9-10-27(22,4)29(21,32)24(35)15-28(20,30)5/h9-10,13,17,20-21,23-24,35H,6-8,11-12,14-16H2,1-5H3/t17-,20+,21+,23+,24+,27+,28+,29+,30+/m1/s1. The van der Waals surface area contributed by atoms with Crippen LogP contribution < -0.4 is 0 Å². The molecule has 0 bridgehead atoms. The van der Waals surface area contributed by atoms with Crippen molar-refractivity contribution in [2.75, 3.05) is 13.2 Å². The minimum Gasteiger partial charge on any atom is -0.458 e. The van der Waals surface area contributed by atoms with E-state index in [2.05, 4.69) is 0 Å². The zero-order valence-corrected chi connectivity index (χ0v) is 23.8. The van der Waals surface area contributed by atoms with Crippen LogP contribution in [-0.2, 0) is 28.6 Å². The van der Waals surface area contributed by atoms with Gasteiger partial charge in [0.05, 0.1) is 12.7 Å². The summed E-state index contributed by atoms with van der Waals surface area (Å²) >= 11 is 0. The molecular formula is C30H40F2O8. The number of unbranched alkanes of at least 4 members (excludes halogenated alkanes) is 2. The number of aliphatic hydroxyl groups excluding tert-OH is 1. The number of hydrogen-bond acceptors (Lipinski definition) is 8. The summed E-state index contributed by atoms with van der Waals surface area (Å²) in [6.07, 6.45) is 1.17. The van der Waals surface area contributed by atoms with Crippen LogP contribution in [0.2, 0.25) is 0 Å². The first-order chi connectivity index (χ1) is 18.7. The molecule has 8 nitrogen and oxygen atoms in total. The molecule has 0 aromatic rings. The summed E-state index contributed by atoms with van der Waals surface area (Å²) in [4.78, 5) is 50.5. The Morgan fingerprint density at radius 2 is 1.82 bits per heavy atom. The average Bonchev–Trinajstić information content (AvgIpc) is 3.10. The predicted molar refractivity (Wildman–Crippen MR) is 140 cm³/mol. The van der Waals surface area contributed by atoms with Crippen LogP contribution in [0.25, 0.3) is 0 Å². The van der Waals surface area contributed by atoms with Crippen LogP contribution in [0, 0.1) is 28.6 Å². The van der Waals surface area contributed by atoms with Gasteiger partial charge >= 0.3 is 12.1 Å². The van der Waals surface area contributed by atoms with Crippen molar-refractivity contribution in [2.45, 2.75) is 96.7 Å². The SMILES string of the molecule is CCCCCOC(=O)O[C@]1(C(=O)COC(C)=O)[C@H](C)C[C@H]2[C@@H]3C[C@H](F)C4=CC(=O)C=C[C@]4(C)[C@@]3(F)[C@@H](O)C[C@@]21C. The topological polar surface area (TPSA) is 116 Å². The van der Waals surface area contributed by atoms with E-state index in [1.54, 1.807) is 13.8 Å². The van der Waals surface area contributed by atoms with E-state index in [1.165, 1.54) is 19.1 Å². The van der Waals surface area contributed by atoms with Crippen LogP contribution in [-0.4, -0.2) is 65.6 Å². The lowest BCUT2D eigenvalue weighted by atomic mass is 9.44. The molecule has 0 aromatic heterocycles. The number of aliphatic hydroxyl groups is 1. The molecule has 0 aliphatic heterocycles. The molecule has 3 saturated carbocycles. The number of hydrogen-bond donors (Lipinski definition) is 1. The third-order valence-electron chi connectivity index (χ3n) is 10.2. The van der Waals surface area contributed by atoms with Crippen LogP contribution in [0.3, 0.4) is 0 Å². The molecule has 0 spiro atoms. The first kappa shape index (κ1) is 30.3. The van der Waals surface area contributed by atoms with E-state index in [9.17, 15) is 24.3 Å². The van der Waals surface area contributed by atoms with Crippen LogP contribution >= 0.6 is 0 Å². The van der Waals surface area contributed by atoms with Crippen molar-refractivity contribution in [2.24, 2.45) is 28.6 Å². The lowest BCUT2D eigenvalue weighted by Gasteiger charge is -2.63. The number of ether oxygens (including phenoxy) is 3. The van der Waals surface area contributed by atoms with E-state index in [1.807, 2.05) is 6.92 Å². The maximum Gasteiger partial charge on any atom is 0.509 e. The van der Waals surface area contributed by atoms with Crippen LogP contribution in [0.15, 0.2) is 23.8 Å². The van der Waals surface area contributed by atoms with Gasteiger partial charge in [0.2, 0.25) is 5.78 Å². The van der Waals surface area contributed by atoms with Gasteiger partial charge in [-0.1, -0.05) is 39.7 Å². The third kappa shape index (κ3) is 4.32. The van der Waals surface area contributed by atoms with Crippen molar-refractivity contribution < 1.29 is 47.3 Å². The van der Waals surface area contributed by atoms with Gasteiger partial charge in [-0.15, -0.1) is 0 Å². The lowest BCUT2D eigenvalue weighted by Crippen LogP contribution is -2.71. The summed E-state index contributed by atoms with van der Waals surface area (Å²) in [5, 5.41) is 11.6. The second kappa shape index (κ2) is 10.7. The molecule has 0 heterocycles. The van der Waals surface area contributed by atoms with Crippen molar-refractivity contribution in [1.82, 2.24) is 0 Å². The van der Waals surface area contributed by atoms with Gasteiger partial charge in [0, 0.05) is 29.6 Å². The Bertz CT molecular complexity index is 1130. The minimum absolute atomic E-state index is 0.00319. The molecule has 222 valence electrons. The fraction of sp³-hybridized carbons (Fsp3) is 0.733. The molecule has 0 unspecified atom stereocenters. The molecule has 4 aliphatic rings. The number of rotatable bonds is 8. The first-order valence-electron chi connectivity index (χ1n) is 14.2. The molecule has 1 N–H and O–H groups in total. The van der Waals surface area contributed by atoms with Gasteiger partial charge < -0.3 is 19.3 Å². The smallest absolute Gasteiger partial charge is 0.458 e. The van der Waals surface area contributed by atoms with Gasteiger partial charge in [0.25, 0.3) is 0 Å². The number of Topliss-reactive ketones (excluding diaryl/α,β-unsaturated/α-hetero) is 1. The zero-order chi connectivity index (χ0) is 29.7. The van der Waals surface area contributed by atoms with Crippen LogP contribution in [0.1, 0.15) is 73.1 Å². The van der Waals surface area contributed by atoms with E-state index in [4.69, 9.17) is 14.2 Å². The highest BCUT2D eigenvalue weighted by Crippen LogP contribution is 2.71. The third-order valence-corrected chi connectivity index (χ3v) is 10.2. The second-order valence-electron chi connectivity index (χ2n) is 12.3. The number of esters is 1. The van der Waals surface area contributed by atoms with Gasteiger partial charge in [-0.2, -0.15) is 0 Å². The average molecular weight is 567 g/mol. The monoisotopic (exact) mass is 566 g/mol. The van der Waals surface area contributed by atoms with Crippen molar-refractivity contribution in [3.05, 3.63) is 23.8 Å². The molecule has 3 fully saturated rings. The molecule has 10 heteroatoms. The van der Waals surface area contributed by atoms with Crippen LogP contribution in [0.5, 0.6) is 0 Å². The predicted octanol–water partition coefficient (Wildman–Crippen LogP) is 4.77. The Hall–Kier alpha value is -2.62. The Kier molecular flexibility index (Phi) is 8.08. The number of allylic oxidation sites excluding steroid dienone is 4. The van der Waals surface area contributed by atoms with E-state index in [0.717, 1.165) is 25.8 Å². The van der Waals surface area contributed by atoms with Crippen molar-refractivity contribution in [3.63, 3.8) is 0 Å². The summed E-state index contributed by atoms with van der Waals surface area (Å²) in [6.45, 7) is 7.37. The van der Waals surface area contributed by atoms with Crippen molar-refractivity contribution in [1.29, 1.82) is 0 Å². The molecular weight excluding hydrogens is 526 g/mol. The van der Waals surface area contributed by atoms with Crippen LogP contribution in [0.4, 0.5) is 13.6 Å². The fourth-order valence-corrected chi connectivity index (χ4v) is 8.33. The van der Waals surface area contributed by atoms with E-state index in [0.29, 0.717) is 6.42 Å². The van der Waals surface area contributed by atoms with E-state index >= 15 is 8.78 Å². The van der Waals surface area contributed by atoms with Crippen molar-refractivity contribution >= 4 is 23.7 Å². The fourth-order valence-electron chi connectivity index (χ4n) is 8.33. The number of halogens is 2.